The Bertz CT molecular complexity index is 1490. The highest BCUT2D eigenvalue weighted by Gasteiger charge is 2.20. The van der Waals surface area contributed by atoms with Gasteiger partial charge in [0.2, 0.25) is 0 Å². The van der Waals surface area contributed by atoms with Crippen molar-refractivity contribution in [3.8, 4) is 22.7 Å². The SMILES string of the molecule is Cc1nn(-c2cc(C(=O)O)ccc2OC(F)F)c2cc(-c3cnn4cccnc34)ncc12. The van der Waals surface area contributed by atoms with Crippen LogP contribution < -0.4 is 4.74 Å². The van der Waals surface area contributed by atoms with Gasteiger partial charge in [0.05, 0.1) is 34.2 Å². The second-order valence-electron chi connectivity index (χ2n) is 6.90. The van der Waals surface area contributed by atoms with Crippen LogP contribution in [0.1, 0.15) is 16.1 Å². The summed E-state index contributed by atoms with van der Waals surface area (Å²) in [6.07, 6.45) is 6.63. The van der Waals surface area contributed by atoms with E-state index in [-0.39, 0.29) is 17.0 Å². The van der Waals surface area contributed by atoms with Gasteiger partial charge in [0.1, 0.15) is 5.69 Å². The van der Waals surface area contributed by atoms with E-state index in [0.717, 1.165) is 0 Å². The van der Waals surface area contributed by atoms with Crippen LogP contribution in [0.15, 0.2) is 55.1 Å². The number of pyridine rings is 1. The van der Waals surface area contributed by atoms with E-state index in [1.807, 2.05) is 0 Å². The molecule has 11 heteroatoms. The van der Waals surface area contributed by atoms with Gasteiger partial charge in [-0.05, 0) is 37.3 Å². The summed E-state index contributed by atoms with van der Waals surface area (Å²) in [6, 6.07) is 7.09. The Morgan fingerprint density at radius 1 is 1.19 bits per heavy atom. The lowest BCUT2D eigenvalue weighted by Gasteiger charge is -2.12. The first-order valence-electron chi connectivity index (χ1n) is 9.39. The van der Waals surface area contributed by atoms with Gasteiger partial charge in [0, 0.05) is 24.0 Å². The number of ether oxygens (including phenoxy) is 1. The molecule has 160 valence electrons. The summed E-state index contributed by atoms with van der Waals surface area (Å²) in [6.45, 7) is -1.35. The number of carbonyl (C=O) groups is 1. The molecule has 0 saturated carbocycles. The maximum Gasteiger partial charge on any atom is 0.387 e. The van der Waals surface area contributed by atoms with Crippen molar-refractivity contribution in [2.45, 2.75) is 13.5 Å². The molecule has 5 aromatic rings. The summed E-state index contributed by atoms with van der Waals surface area (Å²) < 4.78 is 33.6. The molecule has 0 saturated heterocycles. The van der Waals surface area contributed by atoms with Crippen LogP contribution in [-0.2, 0) is 0 Å². The summed E-state index contributed by atoms with van der Waals surface area (Å²) >= 11 is 0. The minimum absolute atomic E-state index is 0.0680. The number of carboxylic acids is 1. The van der Waals surface area contributed by atoms with Crippen molar-refractivity contribution >= 4 is 22.5 Å². The summed E-state index contributed by atoms with van der Waals surface area (Å²) in [4.78, 5) is 20.3. The molecule has 0 aliphatic rings. The number of halogens is 2. The third kappa shape index (κ3) is 3.20. The molecule has 1 N–H and O–H groups in total. The first kappa shape index (κ1) is 19.5. The molecule has 32 heavy (non-hydrogen) atoms. The Hall–Kier alpha value is -4.41. The number of fused-ring (bicyclic) bond motifs is 2. The fourth-order valence-electron chi connectivity index (χ4n) is 3.51. The highest BCUT2D eigenvalue weighted by Crippen LogP contribution is 2.32. The lowest BCUT2D eigenvalue weighted by atomic mass is 10.1. The molecular weight excluding hydrogens is 422 g/mol. The molecule has 9 nitrogen and oxygen atoms in total. The van der Waals surface area contributed by atoms with Gasteiger partial charge in [-0.3, -0.25) is 4.98 Å². The fraction of sp³-hybridized carbons (Fsp3) is 0.0952. The molecule has 4 heterocycles. The highest BCUT2D eigenvalue weighted by molar-refractivity contribution is 5.91. The van der Waals surface area contributed by atoms with Gasteiger partial charge in [0.25, 0.3) is 0 Å². The Morgan fingerprint density at radius 3 is 2.81 bits per heavy atom. The molecule has 0 radical (unpaired) electrons. The van der Waals surface area contributed by atoms with Gasteiger partial charge in [-0.25, -0.2) is 19.0 Å². The average molecular weight is 436 g/mol. The van der Waals surface area contributed by atoms with Gasteiger partial charge in [-0.15, -0.1) is 0 Å². The number of hydrogen-bond donors (Lipinski definition) is 1. The van der Waals surface area contributed by atoms with E-state index in [2.05, 4.69) is 24.9 Å². The Balaban J connectivity index is 1.74. The summed E-state index contributed by atoms with van der Waals surface area (Å²) in [7, 11) is 0. The lowest BCUT2D eigenvalue weighted by Crippen LogP contribution is -2.08. The molecule has 5 rings (SSSR count). The average Bonchev–Trinajstić information content (AvgIpc) is 3.34. The zero-order chi connectivity index (χ0) is 22.4. The van der Waals surface area contributed by atoms with Crippen LogP contribution in [-0.4, -0.2) is 47.0 Å². The molecular formula is C21H14F2N6O3. The predicted molar refractivity (Wildman–Crippen MR) is 109 cm³/mol. The van der Waals surface area contributed by atoms with Crippen molar-refractivity contribution in [2.75, 3.05) is 0 Å². The minimum Gasteiger partial charge on any atom is -0.478 e. The number of aromatic carboxylic acids is 1. The molecule has 0 unspecified atom stereocenters. The van der Waals surface area contributed by atoms with Crippen molar-refractivity contribution in [1.82, 2.24) is 29.4 Å². The molecule has 0 aliphatic carbocycles. The predicted octanol–water partition coefficient (Wildman–Crippen LogP) is 3.74. The number of hydrogen-bond acceptors (Lipinski definition) is 6. The monoisotopic (exact) mass is 436 g/mol. The number of aromatic nitrogens is 6. The summed E-state index contributed by atoms with van der Waals surface area (Å²) in [5.74, 6) is -1.41. The molecule has 1 aromatic carbocycles. The van der Waals surface area contributed by atoms with Crippen molar-refractivity contribution in [3.05, 3.63) is 66.4 Å². The topological polar surface area (TPSA) is 107 Å². The van der Waals surface area contributed by atoms with Crippen LogP contribution in [0.5, 0.6) is 5.75 Å². The Kier molecular flexibility index (Phi) is 4.51. The summed E-state index contributed by atoms with van der Waals surface area (Å²) in [5.41, 5.74) is 2.89. The number of rotatable bonds is 5. The van der Waals surface area contributed by atoms with E-state index in [1.54, 1.807) is 48.4 Å². The number of alkyl halides is 2. The maximum atomic E-state index is 13.0. The van der Waals surface area contributed by atoms with E-state index in [1.165, 1.54) is 22.9 Å². The van der Waals surface area contributed by atoms with Crippen molar-refractivity contribution < 1.29 is 23.4 Å². The van der Waals surface area contributed by atoms with Gasteiger partial charge < -0.3 is 9.84 Å². The highest BCUT2D eigenvalue weighted by atomic mass is 19.3. The number of nitrogens with zero attached hydrogens (tertiary/aromatic N) is 6. The second-order valence-corrected chi connectivity index (χ2v) is 6.90. The summed E-state index contributed by atoms with van der Waals surface area (Å²) in [5, 5.41) is 18.7. The Morgan fingerprint density at radius 2 is 2.03 bits per heavy atom. The van der Waals surface area contributed by atoms with Crippen LogP contribution in [0.4, 0.5) is 8.78 Å². The molecule has 0 amide bonds. The lowest BCUT2D eigenvalue weighted by molar-refractivity contribution is -0.0498. The minimum atomic E-state index is -3.09. The second kappa shape index (κ2) is 7.38. The number of benzene rings is 1. The van der Waals surface area contributed by atoms with Crippen LogP contribution in [0.25, 0.3) is 33.5 Å². The molecule has 4 aromatic heterocycles. The molecule has 0 aliphatic heterocycles. The van der Waals surface area contributed by atoms with Crippen LogP contribution in [0, 0.1) is 6.92 Å². The largest absolute Gasteiger partial charge is 0.478 e. The maximum absolute atomic E-state index is 13.0. The number of carboxylic acid groups (broad SMARTS) is 1. The van der Waals surface area contributed by atoms with E-state index < -0.39 is 12.6 Å². The van der Waals surface area contributed by atoms with E-state index >= 15 is 0 Å². The van der Waals surface area contributed by atoms with Crippen LogP contribution in [0.3, 0.4) is 0 Å². The zero-order valence-electron chi connectivity index (χ0n) is 16.5. The third-order valence-electron chi connectivity index (χ3n) is 4.96. The van der Waals surface area contributed by atoms with Gasteiger partial charge in [0.15, 0.2) is 11.4 Å². The Labute approximate surface area is 178 Å². The third-order valence-corrected chi connectivity index (χ3v) is 4.96. The first-order chi connectivity index (χ1) is 15.4. The molecule has 0 fully saturated rings. The zero-order valence-corrected chi connectivity index (χ0v) is 16.5. The van der Waals surface area contributed by atoms with Gasteiger partial charge in [-0.2, -0.15) is 19.0 Å². The van der Waals surface area contributed by atoms with E-state index in [9.17, 15) is 18.7 Å². The quantitative estimate of drug-likeness (QED) is 0.447. The van der Waals surface area contributed by atoms with E-state index in [4.69, 9.17) is 0 Å². The molecule has 0 atom stereocenters. The normalized spacial score (nSPS) is 11.5. The van der Waals surface area contributed by atoms with Crippen molar-refractivity contribution in [2.24, 2.45) is 0 Å². The standard InChI is InChI=1S/C21H14F2N6O3/c1-11-13-9-25-15(14-10-26-28-6-2-5-24-19(14)28)8-16(13)29(27-11)17-7-12(20(30)31)3-4-18(17)32-21(22)23/h2-10,21H,1H3,(H,30,31). The van der Waals surface area contributed by atoms with Crippen LogP contribution >= 0.6 is 0 Å². The fourth-order valence-corrected chi connectivity index (χ4v) is 3.51. The smallest absolute Gasteiger partial charge is 0.387 e. The van der Waals surface area contributed by atoms with Crippen molar-refractivity contribution in [3.63, 3.8) is 0 Å². The molecule has 0 bridgehead atoms. The van der Waals surface area contributed by atoms with Crippen molar-refractivity contribution in [1.29, 1.82) is 0 Å². The van der Waals surface area contributed by atoms with Crippen LogP contribution in [0.2, 0.25) is 0 Å². The number of aryl methyl sites for hydroxylation is 1. The molecule has 0 spiro atoms. The van der Waals surface area contributed by atoms with Gasteiger partial charge in [-0.1, -0.05) is 0 Å². The van der Waals surface area contributed by atoms with E-state index in [0.29, 0.717) is 33.5 Å². The van der Waals surface area contributed by atoms with Gasteiger partial charge >= 0.3 is 12.6 Å². The first-order valence-corrected chi connectivity index (χ1v) is 9.39.